The maximum atomic E-state index is 13.3. The molecule has 0 fully saturated rings. The molecule has 1 amide bonds. The number of carbonyl (C=O) groups is 1. The second-order valence-corrected chi connectivity index (χ2v) is 11.0. The molecule has 1 aromatic heterocycles. The molecule has 0 aliphatic carbocycles. The topological polar surface area (TPSA) is 60.0 Å². The molecule has 0 saturated heterocycles. The van der Waals surface area contributed by atoms with E-state index in [1.54, 1.807) is 23.6 Å². The Kier molecular flexibility index (Phi) is 6.18. The van der Waals surface area contributed by atoms with Crippen LogP contribution in [0.25, 0.3) is 16.6 Å². The number of fused-ring (bicyclic) bond motifs is 5. The highest BCUT2D eigenvalue weighted by molar-refractivity contribution is 8.00. The highest BCUT2D eigenvalue weighted by Crippen LogP contribution is 2.51. The molecule has 35 heavy (non-hydrogen) atoms. The number of alkyl halides is 1. The Morgan fingerprint density at radius 2 is 1.77 bits per heavy atom. The number of hydrogen-bond acceptors (Lipinski definition) is 3. The van der Waals surface area contributed by atoms with Gasteiger partial charge >= 0.3 is 0 Å². The number of anilines is 2. The fourth-order valence-electron chi connectivity index (χ4n) is 5.24. The molecule has 4 aromatic rings. The Morgan fingerprint density at radius 3 is 2.57 bits per heavy atom. The Bertz CT molecular complexity index is 1460. The van der Waals surface area contributed by atoms with E-state index in [0.717, 1.165) is 46.4 Å². The number of aromatic nitrogens is 1. The summed E-state index contributed by atoms with van der Waals surface area (Å²) in [5, 5.41) is 0.703. The Labute approximate surface area is 214 Å². The largest absolute Gasteiger partial charge is 0.412 e. The third-order valence-corrected chi connectivity index (χ3v) is 8.20. The lowest BCUT2D eigenvalue weighted by Gasteiger charge is -2.33. The van der Waals surface area contributed by atoms with Gasteiger partial charge in [-0.15, -0.1) is 11.6 Å². The first-order valence-corrected chi connectivity index (χ1v) is 12.9. The number of halogens is 1. The molecule has 3 heterocycles. The Balaban J connectivity index is 0.00000253. The summed E-state index contributed by atoms with van der Waals surface area (Å²) in [4.78, 5) is 19.7. The van der Waals surface area contributed by atoms with Crippen LogP contribution in [-0.4, -0.2) is 39.8 Å². The summed E-state index contributed by atoms with van der Waals surface area (Å²) in [5.74, 6) is -0.107. The van der Waals surface area contributed by atoms with Crippen molar-refractivity contribution in [2.45, 2.75) is 42.0 Å². The summed E-state index contributed by atoms with van der Waals surface area (Å²) in [6, 6.07) is 21.1. The molecule has 2 aliphatic rings. The van der Waals surface area contributed by atoms with Crippen LogP contribution in [0.1, 0.15) is 23.7 Å². The fraction of sp³-hybridized carbons (Fsp3) is 0.250. The van der Waals surface area contributed by atoms with E-state index < -0.39 is 5.38 Å². The van der Waals surface area contributed by atoms with Crippen molar-refractivity contribution in [2.75, 3.05) is 18.5 Å². The number of nitrogens with zero attached hydrogens (tertiary/aromatic N) is 3. The van der Waals surface area contributed by atoms with E-state index in [4.69, 9.17) is 11.6 Å². The predicted octanol–water partition coefficient (Wildman–Crippen LogP) is 5.86. The molecule has 0 saturated carbocycles. The van der Waals surface area contributed by atoms with Gasteiger partial charge < -0.3 is 14.9 Å². The van der Waals surface area contributed by atoms with Crippen molar-refractivity contribution in [1.82, 2.24) is 9.47 Å². The maximum Gasteiger partial charge on any atom is 0.249 e. The normalized spacial score (nSPS) is 15.7. The minimum Gasteiger partial charge on any atom is -0.412 e. The minimum absolute atomic E-state index is 0. The molecular weight excluding hydrogens is 478 g/mol. The number of benzene rings is 3. The SMILES string of the molecule is Cc1ccc2c(c1)c1c(n2-c2cccc3c2Sc2ccccc2N3C(=O)C(C)Cl)CCN(C)C1.O. The molecule has 2 aliphatic heterocycles. The highest BCUT2D eigenvalue weighted by Gasteiger charge is 2.33. The zero-order chi connectivity index (χ0) is 23.6. The van der Waals surface area contributed by atoms with Gasteiger partial charge in [0.1, 0.15) is 5.38 Å². The lowest BCUT2D eigenvalue weighted by Crippen LogP contribution is -2.33. The number of rotatable bonds is 2. The van der Waals surface area contributed by atoms with Crippen LogP contribution < -0.4 is 4.90 Å². The quantitative estimate of drug-likeness (QED) is 0.321. The molecular formula is C28H28ClN3O2S. The van der Waals surface area contributed by atoms with Gasteiger partial charge in [0.2, 0.25) is 5.91 Å². The molecule has 7 heteroatoms. The van der Waals surface area contributed by atoms with Gasteiger partial charge in [0.25, 0.3) is 0 Å². The van der Waals surface area contributed by atoms with Crippen LogP contribution >= 0.6 is 23.4 Å². The molecule has 6 rings (SSSR count). The van der Waals surface area contributed by atoms with E-state index in [2.05, 4.69) is 59.8 Å². The van der Waals surface area contributed by atoms with Crippen molar-refractivity contribution in [3.8, 4) is 5.69 Å². The summed E-state index contributed by atoms with van der Waals surface area (Å²) < 4.78 is 2.43. The van der Waals surface area contributed by atoms with Crippen LogP contribution in [0.15, 0.2) is 70.5 Å². The van der Waals surface area contributed by atoms with E-state index >= 15 is 0 Å². The average molecular weight is 506 g/mol. The summed E-state index contributed by atoms with van der Waals surface area (Å²) in [6.07, 6.45) is 0.992. The van der Waals surface area contributed by atoms with Gasteiger partial charge in [-0.1, -0.05) is 41.6 Å². The van der Waals surface area contributed by atoms with Crippen LogP contribution in [0.2, 0.25) is 0 Å². The predicted molar refractivity (Wildman–Crippen MR) is 145 cm³/mol. The molecule has 0 radical (unpaired) electrons. The summed E-state index contributed by atoms with van der Waals surface area (Å²) >= 11 is 8.06. The first-order chi connectivity index (χ1) is 16.4. The molecule has 0 bridgehead atoms. The van der Waals surface area contributed by atoms with Crippen molar-refractivity contribution < 1.29 is 10.3 Å². The van der Waals surface area contributed by atoms with Crippen LogP contribution in [0.5, 0.6) is 0 Å². The number of para-hydroxylation sites is 1. The number of hydrogen-bond donors (Lipinski definition) is 0. The lowest BCUT2D eigenvalue weighted by molar-refractivity contribution is -0.117. The van der Waals surface area contributed by atoms with Crippen molar-refractivity contribution >= 4 is 51.5 Å². The van der Waals surface area contributed by atoms with E-state index in [0.29, 0.717) is 0 Å². The smallest absolute Gasteiger partial charge is 0.249 e. The Morgan fingerprint density at radius 1 is 1.03 bits per heavy atom. The number of carbonyl (C=O) groups excluding carboxylic acids is 1. The van der Waals surface area contributed by atoms with Crippen molar-refractivity contribution in [2.24, 2.45) is 0 Å². The fourth-order valence-corrected chi connectivity index (χ4v) is 6.49. The number of likely N-dealkylation sites (N-methyl/N-ethyl adjacent to an activating group) is 1. The van der Waals surface area contributed by atoms with Gasteiger partial charge in [-0.2, -0.15) is 0 Å². The molecule has 2 N–H and O–H groups in total. The molecule has 1 atom stereocenters. The number of aryl methyl sites for hydroxylation is 1. The first kappa shape index (κ1) is 23.9. The highest BCUT2D eigenvalue weighted by atomic mass is 35.5. The zero-order valence-corrected chi connectivity index (χ0v) is 21.6. The lowest BCUT2D eigenvalue weighted by atomic mass is 10.0. The Hall–Kier alpha value is -2.77. The molecule has 5 nitrogen and oxygen atoms in total. The van der Waals surface area contributed by atoms with Crippen LogP contribution in [-0.2, 0) is 17.8 Å². The molecule has 180 valence electrons. The van der Waals surface area contributed by atoms with E-state index in [-0.39, 0.29) is 11.4 Å². The van der Waals surface area contributed by atoms with Crippen LogP contribution in [0.4, 0.5) is 11.4 Å². The second kappa shape index (κ2) is 9.03. The summed E-state index contributed by atoms with van der Waals surface area (Å²) in [5.41, 5.74) is 8.19. The van der Waals surface area contributed by atoms with Crippen molar-refractivity contribution in [1.29, 1.82) is 0 Å². The average Bonchev–Trinajstić information content (AvgIpc) is 3.14. The summed E-state index contributed by atoms with van der Waals surface area (Å²) in [6.45, 7) is 5.87. The number of amides is 1. The third-order valence-electron chi connectivity index (χ3n) is 6.83. The maximum absolute atomic E-state index is 13.3. The second-order valence-electron chi connectivity index (χ2n) is 9.25. The monoisotopic (exact) mass is 505 g/mol. The van der Waals surface area contributed by atoms with E-state index in [1.165, 1.54) is 27.7 Å². The van der Waals surface area contributed by atoms with Gasteiger partial charge in [0.05, 0.1) is 27.5 Å². The molecule has 0 spiro atoms. The standard InChI is InChI=1S/C28H26ClN3OS.H2O/c1-17-11-12-21-19(15-17)20-16-30(3)14-13-22(20)31(21)24-8-6-9-25-27(24)34-26-10-5-4-7-23(26)32(25)28(33)18(2)29;/h4-12,15,18H,13-14,16H2,1-3H3;1H2. The molecule has 3 aromatic carbocycles. The van der Waals surface area contributed by atoms with E-state index in [1.807, 2.05) is 24.3 Å². The minimum atomic E-state index is -0.619. The third kappa shape index (κ3) is 3.76. The van der Waals surface area contributed by atoms with Crippen molar-refractivity contribution in [3.63, 3.8) is 0 Å². The van der Waals surface area contributed by atoms with Gasteiger partial charge in [-0.3, -0.25) is 9.69 Å². The van der Waals surface area contributed by atoms with Crippen LogP contribution in [0, 0.1) is 6.92 Å². The van der Waals surface area contributed by atoms with Gasteiger partial charge in [0.15, 0.2) is 0 Å². The van der Waals surface area contributed by atoms with Gasteiger partial charge in [-0.25, -0.2) is 0 Å². The summed E-state index contributed by atoms with van der Waals surface area (Å²) in [7, 11) is 2.19. The first-order valence-electron chi connectivity index (χ1n) is 11.6. The van der Waals surface area contributed by atoms with Crippen molar-refractivity contribution in [3.05, 3.63) is 77.5 Å². The van der Waals surface area contributed by atoms with Gasteiger partial charge in [-0.05, 0) is 62.9 Å². The van der Waals surface area contributed by atoms with Crippen LogP contribution in [0.3, 0.4) is 0 Å². The zero-order valence-electron chi connectivity index (χ0n) is 20.0. The van der Waals surface area contributed by atoms with Gasteiger partial charge in [0, 0.05) is 35.5 Å². The van der Waals surface area contributed by atoms with E-state index in [9.17, 15) is 4.79 Å². The molecule has 1 unspecified atom stereocenters.